The number of nitriles is 1. The predicted molar refractivity (Wildman–Crippen MR) is 69.8 cm³/mol. The third-order valence-corrected chi connectivity index (χ3v) is 2.82. The molecular formula is C14H18N2O2. The monoisotopic (exact) mass is 246 g/mol. The van der Waals surface area contributed by atoms with Gasteiger partial charge in [-0.2, -0.15) is 5.26 Å². The third kappa shape index (κ3) is 2.93. The minimum atomic E-state index is -0.199. The van der Waals surface area contributed by atoms with E-state index >= 15 is 0 Å². The van der Waals surface area contributed by atoms with Gasteiger partial charge < -0.3 is 14.4 Å². The molecule has 1 aliphatic rings. The Labute approximate surface area is 108 Å². The van der Waals surface area contributed by atoms with E-state index in [1.54, 1.807) is 0 Å². The van der Waals surface area contributed by atoms with Gasteiger partial charge in [-0.15, -0.1) is 0 Å². The summed E-state index contributed by atoms with van der Waals surface area (Å²) in [5.74, 6) is 0.857. The molecule has 1 atom stereocenters. The number of hydrogen-bond acceptors (Lipinski definition) is 4. The molecule has 0 N–H and O–H groups in total. The van der Waals surface area contributed by atoms with Crippen LogP contribution in [0.15, 0.2) is 24.3 Å². The zero-order valence-corrected chi connectivity index (χ0v) is 10.8. The second-order valence-electron chi connectivity index (χ2n) is 4.57. The second kappa shape index (κ2) is 5.74. The van der Waals surface area contributed by atoms with Gasteiger partial charge >= 0.3 is 0 Å². The Hall–Kier alpha value is -1.73. The van der Waals surface area contributed by atoms with Crippen LogP contribution in [0.25, 0.3) is 0 Å². The molecule has 1 aromatic rings. The van der Waals surface area contributed by atoms with E-state index in [9.17, 15) is 0 Å². The van der Waals surface area contributed by atoms with Crippen LogP contribution in [0, 0.1) is 11.3 Å². The van der Waals surface area contributed by atoms with Crippen LogP contribution in [-0.2, 0) is 4.74 Å². The lowest BCUT2D eigenvalue weighted by molar-refractivity contribution is 0.107. The molecule has 0 radical (unpaired) electrons. The first-order chi connectivity index (χ1) is 8.70. The molecule has 4 heteroatoms. The Balaban J connectivity index is 2.11. The van der Waals surface area contributed by atoms with Crippen LogP contribution in [0.4, 0.5) is 5.69 Å². The summed E-state index contributed by atoms with van der Waals surface area (Å²) in [7, 11) is 0. The Bertz CT molecular complexity index is 422. The maximum atomic E-state index is 9.10. The molecule has 2 rings (SSSR count). The van der Waals surface area contributed by atoms with Gasteiger partial charge in [0.1, 0.15) is 11.8 Å². The molecule has 0 amide bonds. The molecule has 1 saturated heterocycles. The van der Waals surface area contributed by atoms with Gasteiger partial charge in [-0.1, -0.05) is 0 Å². The number of rotatable bonds is 3. The number of morpholine rings is 1. The van der Waals surface area contributed by atoms with E-state index in [0.29, 0.717) is 13.2 Å². The van der Waals surface area contributed by atoms with Crippen molar-refractivity contribution >= 4 is 5.69 Å². The fourth-order valence-corrected chi connectivity index (χ4v) is 2.01. The first-order valence-electron chi connectivity index (χ1n) is 6.21. The number of nitrogens with zero attached hydrogens (tertiary/aromatic N) is 2. The molecule has 96 valence electrons. The van der Waals surface area contributed by atoms with Crippen LogP contribution in [0.5, 0.6) is 5.75 Å². The Morgan fingerprint density at radius 3 is 2.72 bits per heavy atom. The molecule has 0 aromatic heterocycles. The quantitative estimate of drug-likeness (QED) is 0.820. The zero-order chi connectivity index (χ0) is 13.0. The van der Waals surface area contributed by atoms with Crippen LogP contribution < -0.4 is 9.64 Å². The van der Waals surface area contributed by atoms with Crippen LogP contribution in [0.1, 0.15) is 13.8 Å². The Morgan fingerprint density at radius 1 is 1.39 bits per heavy atom. The minimum Gasteiger partial charge on any atom is -0.491 e. The number of hydrogen-bond donors (Lipinski definition) is 0. The van der Waals surface area contributed by atoms with Gasteiger partial charge in [0.05, 0.1) is 25.4 Å². The molecule has 1 heterocycles. The van der Waals surface area contributed by atoms with Crippen LogP contribution in [0.2, 0.25) is 0 Å². The van der Waals surface area contributed by atoms with Crippen molar-refractivity contribution in [1.29, 1.82) is 5.26 Å². The van der Waals surface area contributed by atoms with E-state index in [1.165, 1.54) is 0 Å². The van der Waals surface area contributed by atoms with Crippen molar-refractivity contribution in [3.8, 4) is 11.8 Å². The molecular weight excluding hydrogens is 228 g/mol. The Kier molecular flexibility index (Phi) is 4.06. The van der Waals surface area contributed by atoms with Crippen molar-refractivity contribution < 1.29 is 9.47 Å². The van der Waals surface area contributed by atoms with Gasteiger partial charge in [-0.3, -0.25) is 0 Å². The zero-order valence-electron chi connectivity index (χ0n) is 10.8. The highest BCUT2D eigenvalue weighted by atomic mass is 16.5. The summed E-state index contributed by atoms with van der Waals surface area (Å²) in [6.45, 7) is 5.90. The summed E-state index contributed by atoms with van der Waals surface area (Å²) in [4.78, 5) is 2.07. The van der Waals surface area contributed by atoms with E-state index in [1.807, 2.05) is 38.1 Å². The summed E-state index contributed by atoms with van der Waals surface area (Å²) < 4.78 is 10.9. The van der Waals surface area contributed by atoms with Crippen molar-refractivity contribution in [2.75, 3.05) is 24.7 Å². The van der Waals surface area contributed by atoms with Crippen LogP contribution in [0.3, 0.4) is 0 Å². The van der Waals surface area contributed by atoms with Crippen molar-refractivity contribution in [3.05, 3.63) is 24.3 Å². The summed E-state index contributed by atoms with van der Waals surface area (Å²) in [6, 6.07) is 9.94. The summed E-state index contributed by atoms with van der Waals surface area (Å²) in [5.41, 5.74) is 1.04. The topological polar surface area (TPSA) is 45.5 Å². The molecule has 1 aliphatic heterocycles. The molecule has 1 aromatic carbocycles. The number of ether oxygens (including phenoxy) is 2. The van der Waals surface area contributed by atoms with E-state index in [2.05, 4.69) is 11.0 Å². The van der Waals surface area contributed by atoms with Crippen molar-refractivity contribution in [2.45, 2.75) is 26.0 Å². The molecule has 4 nitrogen and oxygen atoms in total. The first kappa shape index (κ1) is 12.7. The molecule has 18 heavy (non-hydrogen) atoms. The Morgan fingerprint density at radius 2 is 2.11 bits per heavy atom. The molecule has 0 saturated carbocycles. The first-order valence-corrected chi connectivity index (χ1v) is 6.21. The third-order valence-electron chi connectivity index (χ3n) is 2.82. The SMILES string of the molecule is CC(C)Oc1ccc(N2CCOCC2C#N)cc1. The van der Waals surface area contributed by atoms with E-state index in [-0.39, 0.29) is 12.1 Å². The normalized spacial score (nSPS) is 19.7. The minimum absolute atomic E-state index is 0.172. The smallest absolute Gasteiger partial charge is 0.140 e. The van der Waals surface area contributed by atoms with Gasteiger partial charge in [-0.25, -0.2) is 0 Å². The van der Waals surface area contributed by atoms with Gasteiger partial charge in [0.2, 0.25) is 0 Å². The van der Waals surface area contributed by atoms with E-state index in [0.717, 1.165) is 18.0 Å². The summed E-state index contributed by atoms with van der Waals surface area (Å²) in [6.07, 6.45) is 0.172. The van der Waals surface area contributed by atoms with Gasteiger partial charge in [0.15, 0.2) is 0 Å². The average molecular weight is 246 g/mol. The van der Waals surface area contributed by atoms with Crippen molar-refractivity contribution in [3.63, 3.8) is 0 Å². The molecule has 1 unspecified atom stereocenters. The van der Waals surface area contributed by atoms with Gasteiger partial charge in [-0.05, 0) is 38.1 Å². The number of anilines is 1. The van der Waals surface area contributed by atoms with Crippen molar-refractivity contribution in [2.24, 2.45) is 0 Å². The summed E-state index contributed by atoms with van der Waals surface area (Å²) >= 11 is 0. The largest absolute Gasteiger partial charge is 0.491 e. The lowest BCUT2D eigenvalue weighted by Gasteiger charge is -2.33. The number of benzene rings is 1. The fourth-order valence-electron chi connectivity index (χ4n) is 2.01. The highest BCUT2D eigenvalue weighted by molar-refractivity contribution is 5.51. The molecule has 0 bridgehead atoms. The second-order valence-corrected chi connectivity index (χ2v) is 4.57. The highest BCUT2D eigenvalue weighted by Crippen LogP contribution is 2.23. The maximum Gasteiger partial charge on any atom is 0.140 e. The van der Waals surface area contributed by atoms with Crippen LogP contribution in [-0.4, -0.2) is 31.9 Å². The standard InChI is InChI=1S/C14H18N2O2/c1-11(2)18-14-5-3-12(4-6-14)16-7-8-17-10-13(16)9-15/h3-6,11,13H,7-8,10H2,1-2H3. The lowest BCUT2D eigenvalue weighted by Crippen LogP contribution is -2.44. The molecule has 0 aliphatic carbocycles. The molecule has 1 fully saturated rings. The van der Waals surface area contributed by atoms with E-state index < -0.39 is 0 Å². The van der Waals surface area contributed by atoms with Crippen LogP contribution >= 0.6 is 0 Å². The fraction of sp³-hybridized carbons (Fsp3) is 0.500. The lowest BCUT2D eigenvalue weighted by atomic mass is 10.2. The highest BCUT2D eigenvalue weighted by Gasteiger charge is 2.22. The van der Waals surface area contributed by atoms with Gasteiger partial charge in [0.25, 0.3) is 0 Å². The van der Waals surface area contributed by atoms with Crippen molar-refractivity contribution in [1.82, 2.24) is 0 Å². The maximum absolute atomic E-state index is 9.10. The predicted octanol–water partition coefficient (Wildman–Crippen LogP) is 2.20. The van der Waals surface area contributed by atoms with Gasteiger partial charge in [0, 0.05) is 12.2 Å². The van der Waals surface area contributed by atoms with E-state index in [4.69, 9.17) is 14.7 Å². The summed E-state index contributed by atoms with van der Waals surface area (Å²) in [5, 5.41) is 9.10. The average Bonchev–Trinajstić information content (AvgIpc) is 2.39. The molecule has 0 spiro atoms.